The normalized spacial score (nSPS) is 11.0. The monoisotopic (exact) mass is 447 g/mol. The highest BCUT2D eigenvalue weighted by Crippen LogP contribution is 2.26. The van der Waals surface area contributed by atoms with E-state index < -0.39 is 17.6 Å². The van der Waals surface area contributed by atoms with Gasteiger partial charge in [-0.25, -0.2) is 4.79 Å². The molecule has 0 fully saturated rings. The van der Waals surface area contributed by atoms with E-state index in [-0.39, 0.29) is 18.5 Å². The molecule has 0 aliphatic heterocycles. The highest BCUT2D eigenvalue weighted by Gasteiger charge is 2.14. The Morgan fingerprint density at radius 3 is 2.58 bits per heavy atom. The van der Waals surface area contributed by atoms with Crippen molar-refractivity contribution in [3.63, 3.8) is 0 Å². The van der Waals surface area contributed by atoms with Crippen LogP contribution >= 0.6 is 11.8 Å². The van der Waals surface area contributed by atoms with Crippen LogP contribution < -0.4 is 5.32 Å². The summed E-state index contributed by atoms with van der Waals surface area (Å²) in [5, 5.41) is 14.6. The van der Waals surface area contributed by atoms with Gasteiger partial charge in [-0.1, -0.05) is 23.9 Å². The molecule has 2 aromatic carbocycles. The van der Waals surface area contributed by atoms with E-state index in [9.17, 15) is 18.4 Å². The summed E-state index contributed by atoms with van der Waals surface area (Å²) in [5.74, 6) is -3.12. The summed E-state index contributed by atoms with van der Waals surface area (Å²) in [5.41, 5.74) is 1.37. The Bertz CT molecular complexity index is 1060. The van der Waals surface area contributed by atoms with Gasteiger partial charge in [-0.05, 0) is 55.5 Å². The second-order valence-electron chi connectivity index (χ2n) is 6.63. The molecule has 0 radical (unpaired) electrons. The van der Waals surface area contributed by atoms with E-state index in [0.29, 0.717) is 33.5 Å². The molecular formula is C20H19F2N5O3S. The third-order valence-electron chi connectivity index (χ3n) is 3.80. The van der Waals surface area contributed by atoms with Gasteiger partial charge in [0.2, 0.25) is 11.7 Å². The molecule has 1 amide bonds. The van der Waals surface area contributed by atoms with E-state index in [0.717, 1.165) is 4.80 Å². The van der Waals surface area contributed by atoms with Crippen LogP contribution in [0.4, 0.5) is 14.5 Å². The Morgan fingerprint density at radius 1 is 1.16 bits per heavy atom. The number of benzene rings is 2. The van der Waals surface area contributed by atoms with E-state index in [1.165, 1.54) is 24.3 Å². The number of rotatable bonds is 8. The van der Waals surface area contributed by atoms with Gasteiger partial charge in [-0.2, -0.15) is 13.6 Å². The molecule has 0 spiro atoms. The van der Waals surface area contributed by atoms with Crippen molar-refractivity contribution < 1.29 is 23.1 Å². The molecule has 0 saturated heterocycles. The lowest BCUT2D eigenvalue weighted by molar-refractivity contribution is -0.117. The quantitative estimate of drug-likeness (QED) is 0.414. The van der Waals surface area contributed by atoms with Crippen LogP contribution in [0.5, 0.6) is 0 Å². The number of nitrogens with one attached hydrogen (secondary N) is 1. The second kappa shape index (κ2) is 10.1. The zero-order chi connectivity index (χ0) is 22.4. The minimum atomic E-state index is -2.51. The standard InChI is InChI=1S/C20H19F2N5O3S/c1-12(2)30-19(29)14-5-3-4-13(10-14)18-24-26-27(25-18)11-17(28)23-15-6-8-16(9-7-15)31-20(21)22/h3-10,12,20H,11H2,1-2H3,(H,23,28). The molecule has 11 heteroatoms. The number of halogens is 2. The minimum Gasteiger partial charge on any atom is -0.459 e. The van der Waals surface area contributed by atoms with Gasteiger partial charge >= 0.3 is 5.97 Å². The zero-order valence-electron chi connectivity index (χ0n) is 16.7. The maximum Gasteiger partial charge on any atom is 0.338 e. The Kier molecular flexibility index (Phi) is 7.29. The van der Waals surface area contributed by atoms with Gasteiger partial charge in [0, 0.05) is 16.1 Å². The fourth-order valence-corrected chi connectivity index (χ4v) is 3.04. The number of hydrogen-bond acceptors (Lipinski definition) is 7. The number of nitrogens with zero attached hydrogens (tertiary/aromatic N) is 4. The van der Waals surface area contributed by atoms with E-state index in [2.05, 4.69) is 20.7 Å². The number of carbonyl (C=O) groups excluding carboxylic acids is 2. The largest absolute Gasteiger partial charge is 0.459 e. The molecule has 162 valence electrons. The minimum absolute atomic E-state index is 0.199. The first-order valence-corrected chi connectivity index (χ1v) is 10.1. The number of tetrazole rings is 1. The van der Waals surface area contributed by atoms with Crippen molar-refractivity contribution in [3.8, 4) is 11.4 Å². The third kappa shape index (κ3) is 6.57. The molecule has 3 rings (SSSR count). The van der Waals surface area contributed by atoms with Crippen molar-refractivity contribution in [1.82, 2.24) is 20.2 Å². The summed E-state index contributed by atoms with van der Waals surface area (Å²) in [4.78, 5) is 25.8. The van der Waals surface area contributed by atoms with Crippen molar-refractivity contribution in [2.75, 3.05) is 5.32 Å². The van der Waals surface area contributed by atoms with Crippen LogP contribution in [-0.2, 0) is 16.1 Å². The highest BCUT2D eigenvalue weighted by molar-refractivity contribution is 7.99. The fourth-order valence-electron chi connectivity index (χ4n) is 2.54. The molecule has 0 aliphatic rings. The molecule has 0 saturated carbocycles. The number of thioether (sulfide) groups is 1. The third-order valence-corrected chi connectivity index (χ3v) is 4.52. The summed E-state index contributed by atoms with van der Waals surface area (Å²) in [6.45, 7) is 3.32. The number of esters is 1. The van der Waals surface area contributed by atoms with Crippen LogP contribution in [0.3, 0.4) is 0 Å². The Labute approximate surface area is 181 Å². The molecule has 0 bridgehead atoms. The topological polar surface area (TPSA) is 99.0 Å². The van der Waals surface area contributed by atoms with Crippen LogP contribution in [0.25, 0.3) is 11.4 Å². The second-order valence-corrected chi connectivity index (χ2v) is 7.69. The number of anilines is 1. The Balaban J connectivity index is 1.62. The number of ether oxygens (including phenoxy) is 1. The predicted octanol–water partition coefficient (Wildman–Crippen LogP) is 3.86. The van der Waals surface area contributed by atoms with Crippen molar-refractivity contribution in [2.24, 2.45) is 0 Å². The molecule has 0 unspecified atom stereocenters. The van der Waals surface area contributed by atoms with Gasteiger partial charge in [0.05, 0.1) is 11.7 Å². The first-order chi connectivity index (χ1) is 14.8. The van der Waals surface area contributed by atoms with Gasteiger partial charge < -0.3 is 10.1 Å². The Hall–Kier alpha value is -3.34. The lowest BCUT2D eigenvalue weighted by atomic mass is 10.1. The summed E-state index contributed by atoms with van der Waals surface area (Å²) in [7, 11) is 0. The van der Waals surface area contributed by atoms with Crippen LogP contribution in [0.2, 0.25) is 0 Å². The predicted molar refractivity (Wildman–Crippen MR) is 111 cm³/mol. The van der Waals surface area contributed by atoms with Gasteiger partial charge in [-0.15, -0.1) is 10.2 Å². The van der Waals surface area contributed by atoms with Gasteiger partial charge in [-0.3, -0.25) is 4.79 Å². The van der Waals surface area contributed by atoms with Crippen molar-refractivity contribution in [1.29, 1.82) is 0 Å². The average molecular weight is 447 g/mol. The fraction of sp³-hybridized carbons (Fsp3) is 0.250. The van der Waals surface area contributed by atoms with Crippen LogP contribution in [-0.4, -0.2) is 43.9 Å². The molecule has 31 heavy (non-hydrogen) atoms. The highest BCUT2D eigenvalue weighted by atomic mass is 32.2. The summed E-state index contributed by atoms with van der Waals surface area (Å²) in [6.07, 6.45) is -0.243. The number of alkyl halides is 2. The zero-order valence-corrected chi connectivity index (χ0v) is 17.5. The molecule has 8 nitrogen and oxygen atoms in total. The number of amides is 1. The molecular weight excluding hydrogens is 428 g/mol. The van der Waals surface area contributed by atoms with Crippen LogP contribution in [0.1, 0.15) is 24.2 Å². The van der Waals surface area contributed by atoms with Gasteiger partial charge in [0.25, 0.3) is 5.76 Å². The number of carbonyl (C=O) groups is 2. The molecule has 3 aromatic rings. The van der Waals surface area contributed by atoms with E-state index in [4.69, 9.17) is 4.74 Å². The van der Waals surface area contributed by atoms with E-state index in [1.54, 1.807) is 38.1 Å². The molecule has 0 atom stereocenters. The van der Waals surface area contributed by atoms with Crippen molar-refractivity contribution in [2.45, 2.75) is 37.1 Å². The average Bonchev–Trinajstić information content (AvgIpc) is 3.17. The van der Waals surface area contributed by atoms with Crippen LogP contribution in [0, 0.1) is 0 Å². The van der Waals surface area contributed by atoms with Crippen molar-refractivity contribution >= 4 is 29.3 Å². The molecule has 1 heterocycles. The summed E-state index contributed by atoms with van der Waals surface area (Å²) < 4.78 is 29.9. The van der Waals surface area contributed by atoms with E-state index in [1.807, 2.05) is 0 Å². The maximum absolute atomic E-state index is 12.4. The summed E-state index contributed by atoms with van der Waals surface area (Å²) >= 11 is 0.427. The first-order valence-electron chi connectivity index (χ1n) is 9.24. The smallest absolute Gasteiger partial charge is 0.338 e. The molecule has 1 aromatic heterocycles. The van der Waals surface area contributed by atoms with Gasteiger partial charge in [0.1, 0.15) is 6.54 Å². The SMILES string of the molecule is CC(C)OC(=O)c1cccc(-c2nnn(CC(=O)Nc3ccc(SC(F)F)cc3)n2)c1. The van der Waals surface area contributed by atoms with E-state index >= 15 is 0 Å². The summed E-state index contributed by atoms with van der Waals surface area (Å²) in [6, 6.07) is 12.7. The number of aromatic nitrogens is 4. The van der Waals surface area contributed by atoms with Crippen LogP contribution in [0.15, 0.2) is 53.4 Å². The molecule has 1 N–H and O–H groups in total. The lowest BCUT2D eigenvalue weighted by Crippen LogP contribution is -2.20. The number of hydrogen-bond donors (Lipinski definition) is 1. The van der Waals surface area contributed by atoms with Gasteiger partial charge in [0.15, 0.2) is 0 Å². The van der Waals surface area contributed by atoms with Crippen molar-refractivity contribution in [3.05, 3.63) is 54.1 Å². The Morgan fingerprint density at radius 2 is 1.90 bits per heavy atom. The molecule has 0 aliphatic carbocycles. The maximum atomic E-state index is 12.4. The first kappa shape index (κ1) is 22.3. The lowest BCUT2D eigenvalue weighted by Gasteiger charge is -2.08.